The third kappa shape index (κ3) is 3.97. The lowest BCUT2D eigenvalue weighted by atomic mass is 9.83. The van der Waals surface area contributed by atoms with Gasteiger partial charge in [0.1, 0.15) is 5.82 Å². The van der Waals surface area contributed by atoms with E-state index in [1.165, 1.54) is 0 Å². The zero-order valence-electron chi connectivity index (χ0n) is 17.7. The highest BCUT2D eigenvalue weighted by molar-refractivity contribution is 5.82. The van der Waals surface area contributed by atoms with Crippen molar-refractivity contribution in [3.63, 3.8) is 0 Å². The van der Waals surface area contributed by atoms with Crippen molar-refractivity contribution in [3.05, 3.63) is 52.5 Å². The molecule has 0 spiro atoms. The molecule has 1 aromatic heterocycles. The Morgan fingerprint density at radius 3 is 2.97 bits per heavy atom. The van der Waals surface area contributed by atoms with Gasteiger partial charge in [-0.15, -0.1) is 0 Å². The summed E-state index contributed by atoms with van der Waals surface area (Å²) in [7, 11) is 0. The SMILES string of the molecule is O=C(NCC1CCCO1)C1Cc2cc([N+](=O)[O-])ccc2N2CCN(c3cnccn3)CC12. The highest BCUT2D eigenvalue weighted by atomic mass is 16.6. The number of anilines is 2. The second-order valence-electron chi connectivity index (χ2n) is 8.53. The van der Waals surface area contributed by atoms with Crippen molar-refractivity contribution in [1.29, 1.82) is 0 Å². The minimum absolute atomic E-state index is 0.0337. The number of nitro groups is 1. The molecule has 1 N–H and O–H groups in total. The van der Waals surface area contributed by atoms with Crippen molar-refractivity contribution in [3.8, 4) is 0 Å². The number of fused-ring (bicyclic) bond motifs is 3. The fourth-order valence-corrected chi connectivity index (χ4v) is 5.04. The second-order valence-corrected chi connectivity index (χ2v) is 8.53. The van der Waals surface area contributed by atoms with Gasteiger partial charge in [0, 0.05) is 63.0 Å². The minimum Gasteiger partial charge on any atom is -0.376 e. The van der Waals surface area contributed by atoms with Crippen molar-refractivity contribution in [2.24, 2.45) is 5.92 Å². The van der Waals surface area contributed by atoms with Gasteiger partial charge in [-0.1, -0.05) is 0 Å². The Labute approximate surface area is 185 Å². The van der Waals surface area contributed by atoms with E-state index in [4.69, 9.17) is 4.74 Å². The predicted octanol–water partition coefficient (Wildman–Crippen LogP) is 1.55. The normalized spacial score (nSPS) is 24.6. The Morgan fingerprint density at radius 2 is 2.22 bits per heavy atom. The quantitative estimate of drug-likeness (QED) is 0.553. The summed E-state index contributed by atoms with van der Waals surface area (Å²) < 4.78 is 5.65. The Hall–Kier alpha value is -3.27. The number of nitro benzene ring substituents is 1. The van der Waals surface area contributed by atoms with Gasteiger partial charge >= 0.3 is 0 Å². The van der Waals surface area contributed by atoms with Gasteiger partial charge in [-0.3, -0.25) is 19.9 Å². The molecule has 10 nitrogen and oxygen atoms in total. The standard InChI is InChI=1S/C22H26N6O4/c29-22(25-12-17-2-1-9-32-17)18-11-15-10-16(28(30)31)3-4-19(15)27-8-7-26(14-20(18)27)21-13-23-5-6-24-21/h3-6,10,13,17-18,20H,1-2,7-9,11-12,14H2,(H,25,29). The molecule has 0 bridgehead atoms. The molecule has 2 fully saturated rings. The lowest BCUT2D eigenvalue weighted by Gasteiger charge is -2.49. The van der Waals surface area contributed by atoms with Crippen LogP contribution in [0.2, 0.25) is 0 Å². The molecule has 4 heterocycles. The molecule has 3 aliphatic rings. The average Bonchev–Trinajstić information content (AvgIpc) is 3.35. The summed E-state index contributed by atoms with van der Waals surface area (Å²) in [5.74, 6) is 0.430. The van der Waals surface area contributed by atoms with Crippen LogP contribution in [-0.4, -0.2) is 65.7 Å². The molecular formula is C22H26N6O4. The Balaban J connectivity index is 1.42. The highest BCUT2D eigenvalue weighted by Gasteiger charge is 2.42. The molecule has 10 heteroatoms. The number of rotatable bonds is 5. The van der Waals surface area contributed by atoms with E-state index in [1.54, 1.807) is 30.7 Å². The van der Waals surface area contributed by atoms with Crippen LogP contribution in [0.25, 0.3) is 0 Å². The van der Waals surface area contributed by atoms with Gasteiger partial charge in [0.15, 0.2) is 0 Å². The van der Waals surface area contributed by atoms with Gasteiger partial charge in [-0.25, -0.2) is 4.98 Å². The summed E-state index contributed by atoms with van der Waals surface area (Å²) in [5, 5.41) is 14.4. The van der Waals surface area contributed by atoms with Crippen LogP contribution in [0.3, 0.4) is 0 Å². The number of hydrogen-bond donors (Lipinski definition) is 1. The van der Waals surface area contributed by atoms with Gasteiger partial charge in [0.05, 0.1) is 29.2 Å². The van der Waals surface area contributed by atoms with Crippen molar-refractivity contribution in [2.45, 2.75) is 31.4 Å². The Bertz CT molecular complexity index is 997. The third-order valence-electron chi connectivity index (χ3n) is 6.64. The molecule has 5 rings (SSSR count). The number of benzene rings is 1. The number of piperazine rings is 1. The molecule has 0 aliphatic carbocycles. The third-order valence-corrected chi connectivity index (χ3v) is 6.64. The minimum atomic E-state index is -0.384. The van der Waals surface area contributed by atoms with Gasteiger partial charge in [-0.2, -0.15) is 0 Å². The maximum absolute atomic E-state index is 13.3. The van der Waals surface area contributed by atoms with Crippen molar-refractivity contribution in [1.82, 2.24) is 15.3 Å². The van der Waals surface area contributed by atoms with E-state index in [0.29, 0.717) is 26.1 Å². The summed E-state index contributed by atoms with van der Waals surface area (Å²) in [6.07, 6.45) is 7.55. The van der Waals surface area contributed by atoms with Crippen LogP contribution in [0, 0.1) is 16.0 Å². The number of non-ortho nitro benzene ring substituents is 1. The van der Waals surface area contributed by atoms with Gasteiger partial charge < -0.3 is 19.9 Å². The van der Waals surface area contributed by atoms with E-state index in [1.807, 2.05) is 6.07 Å². The van der Waals surface area contributed by atoms with Crippen LogP contribution < -0.4 is 15.1 Å². The zero-order chi connectivity index (χ0) is 22.1. The first-order valence-corrected chi connectivity index (χ1v) is 11.0. The van der Waals surface area contributed by atoms with Crippen molar-refractivity contribution >= 4 is 23.1 Å². The topological polar surface area (TPSA) is 114 Å². The van der Waals surface area contributed by atoms with E-state index in [9.17, 15) is 14.9 Å². The fraction of sp³-hybridized carbons (Fsp3) is 0.500. The summed E-state index contributed by atoms with van der Waals surface area (Å²) in [6.45, 7) is 3.30. The highest BCUT2D eigenvalue weighted by Crippen LogP contribution is 2.38. The largest absolute Gasteiger partial charge is 0.376 e. The van der Waals surface area contributed by atoms with E-state index in [2.05, 4.69) is 25.1 Å². The summed E-state index contributed by atoms with van der Waals surface area (Å²) in [4.78, 5) is 37.2. The summed E-state index contributed by atoms with van der Waals surface area (Å²) in [6, 6.07) is 4.91. The maximum atomic E-state index is 13.3. The predicted molar refractivity (Wildman–Crippen MR) is 118 cm³/mol. The number of nitrogens with one attached hydrogen (secondary N) is 1. The molecule has 0 saturated carbocycles. The van der Waals surface area contributed by atoms with E-state index < -0.39 is 0 Å². The molecule has 32 heavy (non-hydrogen) atoms. The number of amides is 1. The number of aromatic nitrogens is 2. The van der Waals surface area contributed by atoms with Crippen LogP contribution in [0.15, 0.2) is 36.8 Å². The van der Waals surface area contributed by atoms with Crippen LogP contribution in [-0.2, 0) is 16.0 Å². The van der Waals surface area contributed by atoms with Crippen LogP contribution in [0.4, 0.5) is 17.2 Å². The molecule has 2 aromatic rings. The molecule has 1 amide bonds. The average molecular weight is 438 g/mol. The lowest BCUT2D eigenvalue weighted by Crippen LogP contribution is -2.61. The zero-order valence-corrected chi connectivity index (χ0v) is 17.7. The monoisotopic (exact) mass is 438 g/mol. The molecule has 168 valence electrons. The van der Waals surface area contributed by atoms with Gasteiger partial charge in [0.2, 0.25) is 5.91 Å². The maximum Gasteiger partial charge on any atom is 0.269 e. The lowest BCUT2D eigenvalue weighted by molar-refractivity contribution is -0.384. The van der Waals surface area contributed by atoms with E-state index in [0.717, 1.165) is 43.1 Å². The van der Waals surface area contributed by atoms with Crippen molar-refractivity contribution in [2.75, 3.05) is 42.6 Å². The molecule has 1 aromatic carbocycles. The second kappa shape index (κ2) is 8.70. The molecule has 0 radical (unpaired) electrons. The molecule has 3 aliphatic heterocycles. The summed E-state index contributed by atoms with van der Waals surface area (Å²) in [5.41, 5.74) is 1.88. The molecular weight excluding hydrogens is 412 g/mol. The van der Waals surface area contributed by atoms with E-state index in [-0.39, 0.29) is 34.6 Å². The van der Waals surface area contributed by atoms with Crippen LogP contribution in [0.5, 0.6) is 0 Å². The Kier molecular flexibility index (Phi) is 5.60. The first kappa shape index (κ1) is 20.6. The smallest absolute Gasteiger partial charge is 0.269 e. The van der Waals surface area contributed by atoms with Gasteiger partial charge in [0.25, 0.3) is 5.69 Å². The number of nitrogens with zero attached hydrogens (tertiary/aromatic N) is 5. The number of carbonyl (C=O) groups excluding carboxylic acids is 1. The fourth-order valence-electron chi connectivity index (χ4n) is 5.04. The number of carbonyl (C=O) groups is 1. The van der Waals surface area contributed by atoms with E-state index >= 15 is 0 Å². The first-order valence-electron chi connectivity index (χ1n) is 11.0. The number of hydrogen-bond acceptors (Lipinski definition) is 8. The summed E-state index contributed by atoms with van der Waals surface area (Å²) >= 11 is 0. The van der Waals surface area contributed by atoms with Crippen LogP contribution >= 0.6 is 0 Å². The van der Waals surface area contributed by atoms with Crippen molar-refractivity contribution < 1.29 is 14.5 Å². The molecule has 2 saturated heterocycles. The van der Waals surface area contributed by atoms with Crippen LogP contribution in [0.1, 0.15) is 18.4 Å². The van der Waals surface area contributed by atoms with Gasteiger partial charge in [-0.05, 0) is 30.9 Å². The molecule has 3 atom stereocenters. The first-order chi connectivity index (χ1) is 15.6. The molecule has 3 unspecified atom stereocenters. The Morgan fingerprint density at radius 1 is 1.31 bits per heavy atom. The number of ether oxygens (including phenoxy) is 1.